The average Bonchev–Trinajstić information content (AvgIpc) is 3.03. The van der Waals surface area contributed by atoms with Crippen LogP contribution in [0, 0.1) is 0 Å². The normalized spacial score (nSPS) is 17.3. The monoisotopic (exact) mass is 425 g/mol. The van der Waals surface area contributed by atoms with Crippen LogP contribution in [-0.2, 0) is 14.3 Å². The minimum absolute atomic E-state index is 0.0652. The molecule has 0 radical (unpaired) electrons. The summed E-state index contributed by atoms with van der Waals surface area (Å²) in [5.41, 5.74) is 1.76. The van der Waals surface area contributed by atoms with E-state index in [1.54, 1.807) is 48.2 Å². The van der Waals surface area contributed by atoms with E-state index in [2.05, 4.69) is 10.3 Å². The highest BCUT2D eigenvalue weighted by molar-refractivity contribution is 8.15. The lowest BCUT2D eigenvalue weighted by Gasteiger charge is -2.13. The quantitative estimate of drug-likeness (QED) is 0.681. The molecule has 2 aromatic rings. The summed E-state index contributed by atoms with van der Waals surface area (Å²) in [5, 5.41) is 2.83. The maximum atomic E-state index is 12.7. The number of ether oxygens (including phenoxy) is 1. The van der Waals surface area contributed by atoms with E-state index in [0.29, 0.717) is 35.3 Å². The van der Waals surface area contributed by atoms with Crippen LogP contribution in [0.3, 0.4) is 0 Å². The van der Waals surface area contributed by atoms with E-state index in [-0.39, 0.29) is 24.2 Å². The third kappa shape index (κ3) is 5.27. The maximum Gasteiger partial charge on any atom is 0.338 e. The molecule has 1 atom stereocenters. The molecule has 1 heterocycles. The number of anilines is 1. The first-order valence-electron chi connectivity index (χ1n) is 9.70. The smallest absolute Gasteiger partial charge is 0.338 e. The van der Waals surface area contributed by atoms with Gasteiger partial charge < -0.3 is 10.1 Å². The van der Waals surface area contributed by atoms with E-state index in [9.17, 15) is 14.4 Å². The second-order valence-electron chi connectivity index (χ2n) is 6.47. The summed E-state index contributed by atoms with van der Waals surface area (Å²) in [7, 11) is 0. The predicted octanol–water partition coefficient (Wildman–Crippen LogP) is 3.84. The van der Waals surface area contributed by atoms with Gasteiger partial charge in [0.05, 0.1) is 17.9 Å². The Morgan fingerprint density at radius 2 is 1.80 bits per heavy atom. The summed E-state index contributed by atoms with van der Waals surface area (Å²) in [6.45, 7) is 4.39. The fourth-order valence-corrected chi connectivity index (χ4v) is 4.14. The van der Waals surface area contributed by atoms with Crippen molar-refractivity contribution >= 4 is 46.1 Å². The van der Waals surface area contributed by atoms with E-state index in [4.69, 9.17) is 4.74 Å². The van der Waals surface area contributed by atoms with Crippen LogP contribution in [0.1, 0.15) is 30.6 Å². The first kappa shape index (κ1) is 21.6. The van der Waals surface area contributed by atoms with Gasteiger partial charge in [-0.15, -0.1) is 0 Å². The number of para-hydroxylation sites is 1. The zero-order chi connectivity index (χ0) is 21.5. The molecule has 1 fully saturated rings. The van der Waals surface area contributed by atoms with Crippen LogP contribution >= 0.6 is 11.8 Å². The molecule has 1 saturated heterocycles. The standard InChI is InChI=1S/C22H23N3O4S/c1-3-25-20(27)18(14-19(26)23-16-8-6-5-7-9-16)30-22(25)24-17-12-10-15(11-13-17)21(28)29-4-2/h5-13,18H,3-4,14H2,1-2H3,(H,23,26)/t18-/m1/s1. The van der Waals surface area contributed by atoms with Crippen molar-refractivity contribution in [3.63, 3.8) is 0 Å². The molecule has 1 N–H and O–H groups in total. The number of carbonyl (C=O) groups excluding carboxylic acids is 3. The van der Waals surface area contributed by atoms with Gasteiger partial charge in [-0.25, -0.2) is 9.79 Å². The summed E-state index contributed by atoms with van der Waals surface area (Å²) in [4.78, 5) is 43.0. The molecule has 3 rings (SSSR count). The molecule has 8 heteroatoms. The van der Waals surface area contributed by atoms with Crippen molar-refractivity contribution in [3.05, 3.63) is 60.2 Å². The van der Waals surface area contributed by atoms with Gasteiger partial charge in [-0.2, -0.15) is 0 Å². The molecule has 0 unspecified atom stereocenters. The molecule has 7 nitrogen and oxygen atoms in total. The summed E-state index contributed by atoms with van der Waals surface area (Å²) < 4.78 is 4.97. The Morgan fingerprint density at radius 3 is 2.43 bits per heavy atom. The van der Waals surface area contributed by atoms with Gasteiger partial charge in [0.2, 0.25) is 11.8 Å². The summed E-state index contributed by atoms with van der Waals surface area (Å²) in [5.74, 6) is -0.738. The third-order valence-corrected chi connectivity index (χ3v) is 5.54. The van der Waals surface area contributed by atoms with Gasteiger partial charge in [-0.05, 0) is 50.2 Å². The molecule has 30 heavy (non-hydrogen) atoms. The van der Waals surface area contributed by atoms with Crippen molar-refractivity contribution in [2.45, 2.75) is 25.5 Å². The van der Waals surface area contributed by atoms with E-state index in [0.717, 1.165) is 0 Å². The number of hydrogen-bond acceptors (Lipinski definition) is 6. The predicted molar refractivity (Wildman–Crippen MR) is 118 cm³/mol. The van der Waals surface area contributed by atoms with E-state index < -0.39 is 5.25 Å². The number of carbonyl (C=O) groups is 3. The molecule has 156 valence electrons. The van der Waals surface area contributed by atoms with Crippen molar-refractivity contribution in [3.8, 4) is 0 Å². The van der Waals surface area contributed by atoms with Crippen LogP contribution in [0.25, 0.3) is 0 Å². The maximum absolute atomic E-state index is 12.7. The SMILES string of the molecule is CCOC(=O)c1ccc(N=C2S[C@H](CC(=O)Nc3ccccc3)C(=O)N2CC)cc1. The van der Waals surface area contributed by atoms with Gasteiger partial charge in [-0.1, -0.05) is 30.0 Å². The van der Waals surface area contributed by atoms with Crippen molar-refractivity contribution < 1.29 is 19.1 Å². The molecule has 2 amide bonds. The van der Waals surface area contributed by atoms with Crippen LogP contribution < -0.4 is 5.32 Å². The van der Waals surface area contributed by atoms with Crippen LogP contribution in [0.2, 0.25) is 0 Å². The van der Waals surface area contributed by atoms with Gasteiger partial charge in [0.15, 0.2) is 5.17 Å². The average molecular weight is 426 g/mol. The van der Waals surface area contributed by atoms with Crippen LogP contribution in [-0.4, -0.2) is 46.3 Å². The van der Waals surface area contributed by atoms with Gasteiger partial charge >= 0.3 is 5.97 Å². The number of esters is 1. The van der Waals surface area contributed by atoms with E-state index in [1.807, 2.05) is 25.1 Å². The first-order valence-corrected chi connectivity index (χ1v) is 10.6. The third-order valence-electron chi connectivity index (χ3n) is 4.37. The fraction of sp³-hybridized carbons (Fsp3) is 0.273. The topological polar surface area (TPSA) is 88.1 Å². The van der Waals surface area contributed by atoms with Gasteiger partial charge in [-0.3, -0.25) is 14.5 Å². The number of nitrogens with one attached hydrogen (secondary N) is 1. The van der Waals surface area contributed by atoms with Crippen LogP contribution in [0.4, 0.5) is 11.4 Å². The zero-order valence-corrected chi connectivity index (χ0v) is 17.6. The van der Waals surface area contributed by atoms with Gasteiger partial charge in [0.25, 0.3) is 0 Å². The second-order valence-corrected chi connectivity index (χ2v) is 7.64. The summed E-state index contributed by atoms with van der Waals surface area (Å²) >= 11 is 1.28. The Kier molecular flexibility index (Phi) is 7.24. The summed E-state index contributed by atoms with van der Waals surface area (Å²) in [6, 6.07) is 15.8. The Morgan fingerprint density at radius 1 is 1.10 bits per heavy atom. The van der Waals surface area contributed by atoms with Crippen molar-refractivity contribution in [2.75, 3.05) is 18.5 Å². The number of amides is 2. The number of benzene rings is 2. The highest BCUT2D eigenvalue weighted by atomic mass is 32.2. The lowest BCUT2D eigenvalue weighted by atomic mass is 10.2. The Hall–Kier alpha value is -3.13. The molecular weight excluding hydrogens is 402 g/mol. The highest BCUT2D eigenvalue weighted by Gasteiger charge is 2.38. The number of hydrogen-bond donors (Lipinski definition) is 1. The van der Waals surface area contributed by atoms with Crippen LogP contribution in [0.15, 0.2) is 59.6 Å². The van der Waals surface area contributed by atoms with E-state index >= 15 is 0 Å². The van der Waals surface area contributed by atoms with Crippen molar-refractivity contribution in [1.82, 2.24) is 4.90 Å². The Balaban J connectivity index is 1.69. The minimum atomic E-state index is -0.522. The molecule has 0 bridgehead atoms. The fourth-order valence-electron chi connectivity index (χ4n) is 2.91. The minimum Gasteiger partial charge on any atom is -0.462 e. The Bertz CT molecular complexity index is 945. The van der Waals surface area contributed by atoms with E-state index in [1.165, 1.54) is 11.8 Å². The van der Waals surface area contributed by atoms with Crippen LogP contribution in [0.5, 0.6) is 0 Å². The molecule has 0 aliphatic carbocycles. The lowest BCUT2D eigenvalue weighted by molar-refractivity contribution is -0.128. The number of aliphatic imine (C=N–C) groups is 1. The largest absolute Gasteiger partial charge is 0.462 e. The second kappa shape index (κ2) is 10.1. The molecule has 1 aliphatic rings. The number of rotatable bonds is 7. The number of nitrogens with zero attached hydrogens (tertiary/aromatic N) is 2. The molecule has 1 aliphatic heterocycles. The number of thioether (sulfide) groups is 1. The lowest BCUT2D eigenvalue weighted by Crippen LogP contribution is -2.33. The van der Waals surface area contributed by atoms with Crippen molar-refractivity contribution in [2.24, 2.45) is 4.99 Å². The zero-order valence-electron chi connectivity index (χ0n) is 16.8. The van der Waals surface area contributed by atoms with Gasteiger partial charge in [0, 0.05) is 18.7 Å². The number of amidine groups is 1. The van der Waals surface area contributed by atoms with Crippen molar-refractivity contribution in [1.29, 1.82) is 0 Å². The van der Waals surface area contributed by atoms with Gasteiger partial charge in [0.1, 0.15) is 5.25 Å². The Labute approximate surface area is 179 Å². The molecule has 0 spiro atoms. The highest BCUT2D eigenvalue weighted by Crippen LogP contribution is 2.31. The molecule has 0 saturated carbocycles. The first-order chi connectivity index (χ1) is 14.5. The molecule has 0 aromatic heterocycles. The summed E-state index contributed by atoms with van der Waals surface area (Å²) in [6.07, 6.45) is 0.0652. The molecular formula is C22H23N3O4S. The molecule has 2 aromatic carbocycles.